The first kappa shape index (κ1) is 15.9. The lowest BCUT2D eigenvalue weighted by atomic mass is 9.90. The van der Waals surface area contributed by atoms with Crippen LogP contribution in [0.4, 0.5) is 0 Å². The van der Waals surface area contributed by atoms with Crippen molar-refractivity contribution in [2.75, 3.05) is 40.0 Å². The fourth-order valence-electron chi connectivity index (χ4n) is 3.40. The molecule has 2 fully saturated rings. The number of carbonyl (C=O) groups is 1. The smallest absolute Gasteiger partial charge is 0.220 e. The van der Waals surface area contributed by atoms with Gasteiger partial charge in [-0.1, -0.05) is 6.07 Å². The van der Waals surface area contributed by atoms with Gasteiger partial charge in [0.15, 0.2) is 0 Å². The molecule has 6 heteroatoms. The first-order valence-corrected chi connectivity index (χ1v) is 8.76. The molecule has 1 aromatic heterocycles. The van der Waals surface area contributed by atoms with E-state index in [1.165, 1.54) is 4.88 Å². The molecule has 3 heterocycles. The molecular formula is C16H24N2O3S. The number of methoxy groups -OCH3 is 1. The molecule has 0 radical (unpaired) electrons. The SMILES string of the molecule is COCCN1C[C@H]2[C@H](CC(=O)NCc3cccs3)CO[C@H]2C1. The summed E-state index contributed by atoms with van der Waals surface area (Å²) in [7, 11) is 1.73. The molecule has 0 spiro atoms. The summed E-state index contributed by atoms with van der Waals surface area (Å²) < 4.78 is 11.0. The zero-order valence-electron chi connectivity index (χ0n) is 13.0. The lowest BCUT2D eigenvalue weighted by molar-refractivity contribution is -0.122. The lowest BCUT2D eigenvalue weighted by Gasteiger charge is -2.19. The van der Waals surface area contributed by atoms with E-state index in [1.54, 1.807) is 18.4 Å². The Kier molecular flexibility index (Phi) is 5.46. The van der Waals surface area contributed by atoms with E-state index in [0.29, 0.717) is 30.9 Å². The van der Waals surface area contributed by atoms with Gasteiger partial charge in [0, 0.05) is 44.0 Å². The van der Waals surface area contributed by atoms with Gasteiger partial charge in [0.25, 0.3) is 0 Å². The number of carbonyl (C=O) groups excluding carboxylic acids is 1. The number of nitrogens with one attached hydrogen (secondary N) is 1. The highest BCUT2D eigenvalue weighted by Gasteiger charge is 2.44. The zero-order chi connectivity index (χ0) is 15.4. The van der Waals surface area contributed by atoms with Crippen LogP contribution in [0.25, 0.3) is 0 Å². The summed E-state index contributed by atoms with van der Waals surface area (Å²) in [5.41, 5.74) is 0. The Hall–Kier alpha value is -0.950. The first-order valence-electron chi connectivity index (χ1n) is 7.88. The van der Waals surface area contributed by atoms with E-state index in [9.17, 15) is 4.79 Å². The number of fused-ring (bicyclic) bond motifs is 1. The maximum Gasteiger partial charge on any atom is 0.220 e. The molecule has 122 valence electrons. The van der Waals surface area contributed by atoms with Gasteiger partial charge in [0.05, 0.1) is 25.9 Å². The van der Waals surface area contributed by atoms with Gasteiger partial charge < -0.3 is 14.8 Å². The summed E-state index contributed by atoms with van der Waals surface area (Å²) in [4.78, 5) is 15.7. The molecule has 1 N–H and O–H groups in total. The summed E-state index contributed by atoms with van der Waals surface area (Å²) in [6, 6.07) is 4.05. The summed E-state index contributed by atoms with van der Waals surface area (Å²) in [6.45, 7) is 5.06. The van der Waals surface area contributed by atoms with Gasteiger partial charge in [0.2, 0.25) is 5.91 Å². The number of amides is 1. The van der Waals surface area contributed by atoms with Gasteiger partial charge >= 0.3 is 0 Å². The molecule has 3 rings (SSSR count). The highest BCUT2D eigenvalue weighted by atomic mass is 32.1. The van der Waals surface area contributed by atoms with Crippen LogP contribution in [0.5, 0.6) is 0 Å². The predicted molar refractivity (Wildman–Crippen MR) is 85.8 cm³/mol. The second-order valence-electron chi connectivity index (χ2n) is 6.11. The Bertz CT molecular complexity index is 480. The van der Waals surface area contributed by atoms with Crippen LogP contribution in [0.1, 0.15) is 11.3 Å². The van der Waals surface area contributed by atoms with E-state index < -0.39 is 0 Å². The van der Waals surface area contributed by atoms with Gasteiger partial charge in [0.1, 0.15) is 0 Å². The number of likely N-dealkylation sites (tertiary alicyclic amines) is 1. The van der Waals surface area contributed by atoms with Crippen molar-refractivity contribution in [1.29, 1.82) is 0 Å². The average molecular weight is 324 g/mol. The van der Waals surface area contributed by atoms with E-state index in [4.69, 9.17) is 9.47 Å². The summed E-state index contributed by atoms with van der Waals surface area (Å²) in [5, 5.41) is 5.05. The molecule has 0 aliphatic carbocycles. The number of rotatable bonds is 7. The predicted octanol–water partition coefficient (Wildman–Crippen LogP) is 1.35. The maximum absolute atomic E-state index is 12.1. The van der Waals surface area contributed by atoms with Gasteiger partial charge in [-0.05, 0) is 17.4 Å². The monoisotopic (exact) mass is 324 g/mol. The van der Waals surface area contributed by atoms with Crippen LogP contribution in [-0.2, 0) is 20.8 Å². The minimum atomic E-state index is 0.137. The molecule has 2 saturated heterocycles. The summed E-state index contributed by atoms with van der Waals surface area (Å²) >= 11 is 1.67. The maximum atomic E-state index is 12.1. The Labute approximate surface area is 135 Å². The Morgan fingerprint density at radius 1 is 1.55 bits per heavy atom. The number of hydrogen-bond donors (Lipinski definition) is 1. The summed E-state index contributed by atoms with van der Waals surface area (Å²) in [5.74, 6) is 0.975. The molecule has 1 aromatic rings. The van der Waals surface area contributed by atoms with E-state index in [1.807, 2.05) is 17.5 Å². The summed E-state index contributed by atoms with van der Waals surface area (Å²) in [6.07, 6.45) is 0.872. The molecule has 2 aliphatic heterocycles. The lowest BCUT2D eigenvalue weighted by Crippen LogP contribution is -2.30. The third kappa shape index (κ3) is 3.87. The van der Waals surface area contributed by atoms with Crippen molar-refractivity contribution in [2.24, 2.45) is 11.8 Å². The standard InChI is InChI=1S/C16H24N2O3S/c1-20-5-4-18-9-14-12(11-21-15(14)10-18)7-16(19)17-8-13-3-2-6-22-13/h2-3,6,12,14-15H,4-5,7-11H2,1H3,(H,17,19)/t12-,14+,15+/m1/s1. The van der Waals surface area contributed by atoms with Crippen molar-refractivity contribution in [1.82, 2.24) is 10.2 Å². The highest BCUT2D eigenvalue weighted by Crippen LogP contribution is 2.35. The third-order valence-electron chi connectivity index (χ3n) is 4.61. The van der Waals surface area contributed by atoms with Crippen LogP contribution < -0.4 is 5.32 Å². The zero-order valence-corrected chi connectivity index (χ0v) is 13.8. The molecule has 0 aromatic carbocycles. The van der Waals surface area contributed by atoms with Crippen molar-refractivity contribution in [3.05, 3.63) is 22.4 Å². The highest BCUT2D eigenvalue weighted by molar-refractivity contribution is 7.09. The molecule has 0 saturated carbocycles. The molecule has 0 bridgehead atoms. The molecule has 2 aliphatic rings. The number of nitrogens with zero attached hydrogens (tertiary/aromatic N) is 1. The van der Waals surface area contributed by atoms with Gasteiger partial charge in [-0.3, -0.25) is 9.69 Å². The second kappa shape index (κ2) is 7.55. The van der Waals surface area contributed by atoms with Crippen molar-refractivity contribution >= 4 is 17.2 Å². The van der Waals surface area contributed by atoms with Crippen LogP contribution in [-0.4, -0.2) is 56.9 Å². The van der Waals surface area contributed by atoms with Crippen LogP contribution >= 0.6 is 11.3 Å². The third-order valence-corrected chi connectivity index (χ3v) is 5.49. The number of hydrogen-bond acceptors (Lipinski definition) is 5. The Morgan fingerprint density at radius 3 is 3.23 bits per heavy atom. The fourth-order valence-corrected chi connectivity index (χ4v) is 4.05. The second-order valence-corrected chi connectivity index (χ2v) is 7.14. The minimum absolute atomic E-state index is 0.137. The normalized spacial score (nSPS) is 28.0. The number of ether oxygens (including phenoxy) is 2. The van der Waals surface area contributed by atoms with Gasteiger partial charge in [-0.25, -0.2) is 0 Å². The fraction of sp³-hybridized carbons (Fsp3) is 0.688. The Balaban J connectivity index is 1.43. The molecular weight excluding hydrogens is 300 g/mol. The van der Waals surface area contributed by atoms with Crippen molar-refractivity contribution < 1.29 is 14.3 Å². The number of thiophene rings is 1. The van der Waals surface area contributed by atoms with Gasteiger partial charge in [-0.2, -0.15) is 0 Å². The molecule has 1 amide bonds. The van der Waals surface area contributed by atoms with Gasteiger partial charge in [-0.15, -0.1) is 11.3 Å². The van der Waals surface area contributed by atoms with E-state index in [-0.39, 0.29) is 5.91 Å². The van der Waals surface area contributed by atoms with Crippen molar-refractivity contribution in [3.8, 4) is 0 Å². The Morgan fingerprint density at radius 2 is 2.45 bits per heavy atom. The largest absolute Gasteiger partial charge is 0.383 e. The molecule has 22 heavy (non-hydrogen) atoms. The molecule has 0 unspecified atom stereocenters. The van der Waals surface area contributed by atoms with E-state index in [2.05, 4.69) is 10.2 Å². The van der Waals surface area contributed by atoms with Crippen LogP contribution in [0.3, 0.4) is 0 Å². The average Bonchev–Trinajstić information content (AvgIpc) is 3.21. The first-order chi connectivity index (χ1) is 10.8. The van der Waals surface area contributed by atoms with Crippen LogP contribution in [0, 0.1) is 11.8 Å². The quantitative estimate of drug-likeness (QED) is 0.822. The topological polar surface area (TPSA) is 50.8 Å². The van der Waals surface area contributed by atoms with Crippen molar-refractivity contribution in [2.45, 2.75) is 19.1 Å². The van der Waals surface area contributed by atoms with E-state index >= 15 is 0 Å². The molecule has 3 atom stereocenters. The molecule has 5 nitrogen and oxygen atoms in total. The minimum Gasteiger partial charge on any atom is -0.383 e. The van der Waals surface area contributed by atoms with Crippen molar-refractivity contribution in [3.63, 3.8) is 0 Å². The van der Waals surface area contributed by atoms with Crippen LogP contribution in [0.15, 0.2) is 17.5 Å². The van der Waals surface area contributed by atoms with Crippen LogP contribution in [0.2, 0.25) is 0 Å². The van der Waals surface area contributed by atoms with E-state index in [0.717, 1.165) is 32.8 Å².